The molecule has 0 unspecified atom stereocenters. The number of aromatic nitrogens is 2. The summed E-state index contributed by atoms with van der Waals surface area (Å²) in [5, 5.41) is 5.20. The molecule has 0 saturated heterocycles. The maximum absolute atomic E-state index is 13.0. The summed E-state index contributed by atoms with van der Waals surface area (Å²) < 4.78 is 13.7. The van der Waals surface area contributed by atoms with Gasteiger partial charge in [-0.1, -0.05) is 74.5 Å². The summed E-state index contributed by atoms with van der Waals surface area (Å²) in [6, 6.07) is 17.0. The molecule has 0 aliphatic rings. The molecule has 1 aromatic heterocycles. The summed E-state index contributed by atoms with van der Waals surface area (Å²) in [5.41, 5.74) is 1.69. The van der Waals surface area contributed by atoms with Gasteiger partial charge in [0.1, 0.15) is 25.6 Å². The summed E-state index contributed by atoms with van der Waals surface area (Å²) in [5.74, 6) is -0.588. The van der Waals surface area contributed by atoms with Crippen molar-refractivity contribution in [3.05, 3.63) is 90.5 Å². The molecule has 2 atom stereocenters. The number of nitrogens with one attached hydrogen (secondary N) is 2. The highest BCUT2D eigenvalue weighted by atomic mass is 16.6. The van der Waals surface area contributed by atoms with Gasteiger partial charge in [-0.15, -0.1) is 0 Å². The molecular weight excluding hydrogens is 500 g/mol. The van der Waals surface area contributed by atoms with E-state index < -0.39 is 24.3 Å². The minimum Gasteiger partial charge on any atom is -0.445 e. The maximum atomic E-state index is 13.0. The van der Waals surface area contributed by atoms with Gasteiger partial charge in [-0.2, -0.15) is 0 Å². The van der Waals surface area contributed by atoms with E-state index in [1.807, 2.05) is 74.5 Å². The molecule has 0 radical (unpaired) electrons. The van der Waals surface area contributed by atoms with Gasteiger partial charge in [-0.3, -0.25) is 9.59 Å². The summed E-state index contributed by atoms with van der Waals surface area (Å²) >= 11 is 0. The van der Waals surface area contributed by atoms with E-state index in [0.29, 0.717) is 0 Å². The molecule has 206 valence electrons. The molecule has 10 heteroatoms. The van der Waals surface area contributed by atoms with Crippen molar-refractivity contribution in [3.8, 4) is 0 Å². The molecule has 3 rings (SSSR count). The molecule has 0 spiro atoms. The number of hydrogen-bond donors (Lipinski definition) is 2. The minimum absolute atomic E-state index is 0.000999. The molecular formula is C29H35N4O6+. The van der Waals surface area contributed by atoms with Crippen molar-refractivity contribution in [1.29, 1.82) is 0 Å². The zero-order chi connectivity index (χ0) is 28.2. The van der Waals surface area contributed by atoms with Crippen molar-refractivity contribution in [1.82, 2.24) is 15.2 Å². The van der Waals surface area contributed by atoms with E-state index in [4.69, 9.17) is 9.47 Å². The fourth-order valence-corrected chi connectivity index (χ4v) is 3.75. The lowest BCUT2D eigenvalue weighted by Gasteiger charge is -2.20. The predicted molar refractivity (Wildman–Crippen MR) is 142 cm³/mol. The van der Waals surface area contributed by atoms with Crippen LogP contribution in [-0.2, 0) is 45.4 Å². The Morgan fingerprint density at radius 2 is 1.33 bits per heavy atom. The second kappa shape index (κ2) is 14.5. The lowest BCUT2D eigenvalue weighted by atomic mass is 10.00. The van der Waals surface area contributed by atoms with E-state index in [1.165, 1.54) is 0 Å². The van der Waals surface area contributed by atoms with Gasteiger partial charge in [0.2, 0.25) is 6.33 Å². The first kappa shape index (κ1) is 29.1. The Balaban J connectivity index is 1.45. The highest BCUT2D eigenvalue weighted by Gasteiger charge is 2.27. The SMILES string of the molecule is CC(C)[C@H](NC(=O)OCc1ccccc1)C(=O)C[n+]1ccn(CC(=O)[C@H](C)NC(=O)OCc2ccccc2)c1. The van der Waals surface area contributed by atoms with Crippen molar-refractivity contribution in [2.75, 3.05) is 0 Å². The summed E-state index contributed by atoms with van der Waals surface area (Å²) in [6.07, 6.45) is 3.62. The number of rotatable bonds is 13. The summed E-state index contributed by atoms with van der Waals surface area (Å²) in [4.78, 5) is 49.9. The highest BCUT2D eigenvalue weighted by Crippen LogP contribution is 2.06. The molecule has 1 heterocycles. The van der Waals surface area contributed by atoms with Crippen LogP contribution in [0.3, 0.4) is 0 Å². The zero-order valence-corrected chi connectivity index (χ0v) is 22.4. The molecule has 0 aliphatic carbocycles. The summed E-state index contributed by atoms with van der Waals surface area (Å²) in [6.45, 7) is 5.48. The number of hydrogen-bond acceptors (Lipinski definition) is 6. The van der Waals surface area contributed by atoms with Gasteiger partial charge in [0.25, 0.3) is 0 Å². The van der Waals surface area contributed by atoms with E-state index in [0.717, 1.165) is 11.1 Å². The zero-order valence-electron chi connectivity index (χ0n) is 22.4. The number of carbonyl (C=O) groups excluding carboxylic acids is 4. The molecule has 2 amide bonds. The lowest BCUT2D eigenvalue weighted by molar-refractivity contribution is -0.683. The third-order valence-corrected chi connectivity index (χ3v) is 5.95. The Kier molecular flexibility index (Phi) is 10.8. The quantitative estimate of drug-likeness (QED) is 0.325. The van der Waals surface area contributed by atoms with Crippen LogP contribution in [-0.4, -0.2) is 40.4 Å². The second-order valence-electron chi connectivity index (χ2n) is 9.55. The fraction of sp³-hybridized carbons (Fsp3) is 0.345. The van der Waals surface area contributed by atoms with Gasteiger partial charge in [-0.25, -0.2) is 18.7 Å². The Morgan fingerprint density at radius 3 is 1.87 bits per heavy atom. The Morgan fingerprint density at radius 1 is 0.795 bits per heavy atom. The molecule has 2 aromatic carbocycles. The predicted octanol–water partition coefficient (Wildman–Crippen LogP) is 3.18. The molecule has 10 nitrogen and oxygen atoms in total. The van der Waals surface area contributed by atoms with E-state index in [-0.39, 0.29) is 43.8 Å². The molecule has 39 heavy (non-hydrogen) atoms. The fourth-order valence-electron chi connectivity index (χ4n) is 3.75. The van der Waals surface area contributed by atoms with E-state index >= 15 is 0 Å². The van der Waals surface area contributed by atoms with Crippen LogP contribution in [0.5, 0.6) is 0 Å². The Hall–Kier alpha value is -4.47. The van der Waals surface area contributed by atoms with Crippen LogP contribution < -0.4 is 15.2 Å². The van der Waals surface area contributed by atoms with Gasteiger partial charge < -0.3 is 20.1 Å². The Labute approximate surface area is 227 Å². The average Bonchev–Trinajstić information content (AvgIpc) is 3.36. The normalized spacial score (nSPS) is 12.3. The monoisotopic (exact) mass is 535 g/mol. The van der Waals surface area contributed by atoms with Crippen LogP contribution >= 0.6 is 0 Å². The van der Waals surface area contributed by atoms with Crippen molar-refractivity contribution in [3.63, 3.8) is 0 Å². The van der Waals surface area contributed by atoms with E-state index in [1.54, 1.807) is 34.8 Å². The number of Topliss-reactive ketones (excluding diaryl/α,β-unsaturated/α-hetero) is 2. The number of benzene rings is 2. The van der Waals surface area contributed by atoms with Crippen LogP contribution in [0.4, 0.5) is 9.59 Å². The number of imidazole rings is 1. The third-order valence-electron chi connectivity index (χ3n) is 5.95. The number of ether oxygens (including phenoxy) is 2. The molecule has 0 saturated carbocycles. The number of alkyl carbamates (subject to hydrolysis) is 2. The number of amides is 2. The van der Waals surface area contributed by atoms with Gasteiger partial charge >= 0.3 is 12.2 Å². The smallest absolute Gasteiger partial charge is 0.408 e. The first-order valence-electron chi connectivity index (χ1n) is 12.8. The van der Waals surface area contributed by atoms with Gasteiger partial charge in [0.15, 0.2) is 24.7 Å². The van der Waals surface area contributed by atoms with Crippen molar-refractivity contribution >= 4 is 23.8 Å². The topological polar surface area (TPSA) is 120 Å². The van der Waals surface area contributed by atoms with Crippen LogP contribution in [0.2, 0.25) is 0 Å². The second-order valence-corrected chi connectivity index (χ2v) is 9.55. The molecule has 0 bridgehead atoms. The van der Waals surface area contributed by atoms with Crippen molar-refractivity contribution in [2.24, 2.45) is 5.92 Å². The van der Waals surface area contributed by atoms with E-state index in [2.05, 4.69) is 10.6 Å². The van der Waals surface area contributed by atoms with Gasteiger partial charge in [-0.05, 0) is 24.0 Å². The molecule has 3 aromatic rings. The standard InChI is InChI=1S/C29H34N4O6/c1-21(2)27(31-29(37)39-19-24-12-8-5-9-13-24)26(35)17-33-15-14-32(20-33)16-25(34)22(3)30-28(36)38-18-23-10-6-4-7-11-23/h4-15,20-22,27H,16-19H2,1-3H3,(H-,30,31,36,37)/p+1/t22-,27-/m0/s1. The number of carbonyl (C=O) groups is 4. The van der Waals surface area contributed by atoms with Crippen molar-refractivity contribution in [2.45, 2.75) is 59.2 Å². The lowest BCUT2D eigenvalue weighted by Crippen LogP contribution is -2.50. The third kappa shape index (κ3) is 9.73. The maximum Gasteiger partial charge on any atom is 0.408 e. The van der Waals surface area contributed by atoms with Gasteiger partial charge in [0, 0.05) is 0 Å². The molecule has 0 fully saturated rings. The molecule has 0 aliphatic heterocycles. The number of nitrogens with zero attached hydrogens (tertiary/aromatic N) is 2. The van der Waals surface area contributed by atoms with Crippen LogP contribution in [0.15, 0.2) is 79.4 Å². The van der Waals surface area contributed by atoms with Crippen LogP contribution in [0.25, 0.3) is 0 Å². The van der Waals surface area contributed by atoms with Crippen LogP contribution in [0.1, 0.15) is 31.9 Å². The molecule has 2 N–H and O–H groups in total. The van der Waals surface area contributed by atoms with Crippen LogP contribution in [0, 0.1) is 5.92 Å². The minimum atomic E-state index is -0.762. The highest BCUT2D eigenvalue weighted by molar-refractivity contribution is 5.87. The van der Waals surface area contributed by atoms with Crippen molar-refractivity contribution < 1.29 is 33.2 Å². The largest absolute Gasteiger partial charge is 0.445 e. The Bertz CT molecular complexity index is 1240. The van der Waals surface area contributed by atoms with E-state index in [9.17, 15) is 19.2 Å². The first-order chi connectivity index (χ1) is 18.7. The average molecular weight is 536 g/mol. The summed E-state index contributed by atoms with van der Waals surface area (Å²) in [7, 11) is 0. The number of ketones is 2. The van der Waals surface area contributed by atoms with Gasteiger partial charge in [0.05, 0.1) is 12.1 Å². The first-order valence-corrected chi connectivity index (χ1v) is 12.8.